The van der Waals surface area contributed by atoms with Gasteiger partial charge in [0.2, 0.25) is 5.91 Å². The third-order valence-electron chi connectivity index (χ3n) is 3.20. The number of aromatic nitrogens is 4. The zero-order valence-corrected chi connectivity index (χ0v) is 13.6. The van der Waals surface area contributed by atoms with Crippen LogP contribution in [0.3, 0.4) is 0 Å². The Kier molecular flexibility index (Phi) is 4.91. The number of amides is 1. The van der Waals surface area contributed by atoms with Crippen LogP contribution in [0, 0.1) is 17.0 Å². The lowest BCUT2D eigenvalue weighted by Gasteiger charge is -2.14. The molecule has 2 rings (SSSR count). The SMILES string of the molecule is Cc1c([N+](=O)[O-])cnn1C(C)C(=O)NCCn1cc(Br)cn1. The molecule has 2 heterocycles. The Hall–Kier alpha value is -2.23. The average molecular weight is 371 g/mol. The van der Waals surface area contributed by atoms with Gasteiger partial charge in [-0.25, -0.2) is 0 Å². The first kappa shape index (κ1) is 16.1. The Morgan fingerprint density at radius 1 is 1.50 bits per heavy atom. The molecular weight excluding hydrogens is 356 g/mol. The van der Waals surface area contributed by atoms with E-state index in [0.29, 0.717) is 18.8 Å². The van der Waals surface area contributed by atoms with Crippen molar-refractivity contribution in [1.29, 1.82) is 0 Å². The first-order chi connectivity index (χ1) is 10.4. The van der Waals surface area contributed by atoms with Crippen LogP contribution in [0.5, 0.6) is 0 Å². The molecular formula is C12H15BrN6O3. The number of carbonyl (C=O) groups excluding carboxylic acids is 1. The number of halogens is 1. The lowest BCUT2D eigenvalue weighted by Crippen LogP contribution is -2.34. The van der Waals surface area contributed by atoms with Crippen LogP contribution in [-0.4, -0.2) is 36.9 Å². The zero-order valence-electron chi connectivity index (χ0n) is 12.1. The molecule has 1 unspecified atom stereocenters. The highest BCUT2D eigenvalue weighted by Gasteiger charge is 2.23. The third-order valence-corrected chi connectivity index (χ3v) is 3.61. The number of nitro groups is 1. The summed E-state index contributed by atoms with van der Waals surface area (Å²) in [7, 11) is 0. The smallest absolute Gasteiger partial charge is 0.309 e. The van der Waals surface area contributed by atoms with Gasteiger partial charge >= 0.3 is 5.69 Å². The van der Waals surface area contributed by atoms with E-state index in [1.165, 1.54) is 4.68 Å². The van der Waals surface area contributed by atoms with Crippen LogP contribution in [0.2, 0.25) is 0 Å². The van der Waals surface area contributed by atoms with Gasteiger partial charge in [-0.2, -0.15) is 10.2 Å². The van der Waals surface area contributed by atoms with Crippen LogP contribution in [0.15, 0.2) is 23.1 Å². The van der Waals surface area contributed by atoms with Gasteiger partial charge in [0, 0.05) is 12.7 Å². The van der Waals surface area contributed by atoms with Crippen molar-refractivity contribution in [3.8, 4) is 0 Å². The molecule has 0 aliphatic heterocycles. The van der Waals surface area contributed by atoms with E-state index in [1.807, 2.05) is 0 Å². The lowest BCUT2D eigenvalue weighted by molar-refractivity contribution is -0.385. The van der Waals surface area contributed by atoms with Crippen molar-refractivity contribution in [2.24, 2.45) is 0 Å². The first-order valence-electron chi connectivity index (χ1n) is 6.54. The summed E-state index contributed by atoms with van der Waals surface area (Å²) in [5.74, 6) is -0.257. The minimum absolute atomic E-state index is 0.0963. The standard InChI is InChI=1S/C12H15BrN6O3/c1-8-11(19(21)22)6-16-18(8)9(2)12(20)14-3-4-17-7-10(13)5-15-17/h5-7,9H,3-4H2,1-2H3,(H,14,20). The topological polar surface area (TPSA) is 108 Å². The van der Waals surface area contributed by atoms with Crippen LogP contribution in [0.1, 0.15) is 18.7 Å². The molecule has 9 nitrogen and oxygen atoms in total. The quantitative estimate of drug-likeness (QED) is 0.611. The van der Waals surface area contributed by atoms with Gasteiger partial charge in [0.05, 0.1) is 22.1 Å². The van der Waals surface area contributed by atoms with Crippen molar-refractivity contribution in [3.63, 3.8) is 0 Å². The fourth-order valence-electron chi connectivity index (χ4n) is 2.00. The lowest BCUT2D eigenvalue weighted by atomic mass is 10.3. The number of nitrogens with zero attached hydrogens (tertiary/aromatic N) is 5. The van der Waals surface area contributed by atoms with Crippen molar-refractivity contribution in [1.82, 2.24) is 24.9 Å². The van der Waals surface area contributed by atoms with Crippen molar-refractivity contribution >= 4 is 27.5 Å². The molecule has 1 atom stereocenters. The Labute approximate surface area is 134 Å². The van der Waals surface area contributed by atoms with Crippen molar-refractivity contribution in [3.05, 3.63) is 38.9 Å². The minimum atomic E-state index is -0.627. The molecule has 1 N–H and O–H groups in total. The Morgan fingerprint density at radius 2 is 2.23 bits per heavy atom. The normalized spacial score (nSPS) is 12.1. The van der Waals surface area contributed by atoms with E-state index in [0.717, 1.165) is 10.7 Å². The fraction of sp³-hybridized carbons (Fsp3) is 0.417. The predicted molar refractivity (Wildman–Crippen MR) is 81.3 cm³/mol. The van der Waals surface area contributed by atoms with Crippen molar-refractivity contribution < 1.29 is 9.72 Å². The molecule has 0 aliphatic rings. The number of hydrogen-bond acceptors (Lipinski definition) is 5. The molecule has 22 heavy (non-hydrogen) atoms. The van der Waals surface area contributed by atoms with Crippen molar-refractivity contribution in [2.75, 3.05) is 6.54 Å². The van der Waals surface area contributed by atoms with E-state index < -0.39 is 11.0 Å². The van der Waals surface area contributed by atoms with E-state index >= 15 is 0 Å². The first-order valence-corrected chi connectivity index (χ1v) is 7.33. The van der Waals surface area contributed by atoms with Gasteiger partial charge in [-0.3, -0.25) is 24.3 Å². The molecule has 10 heteroatoms. The van der Waals surface area contributed by atoms with Crippen LogP contribution in [0.25, 0.3) is 0 Å². The summed E-state index contributed by atoms with van der Waals surface area (Å²) in [6.45, 7) is 4.14. The highest BCUT2D eigenvalue weighted by Crippen LogP contribution is 2.19. The summed E-state index contributed by atoms with van der Waals surface area (Å²) in [5, 5.41) is 21.6. The Morgan fingerprint density at radius 3 is 2.77 bits per heavy atom. The molecule has 2 aromatic rings. The maximum Gasteiger partial charge on any atom is 0.309 e. The summed E-state index contributed by atoms with van der Waals surface area (Å²) < 4.78 is 3.91. The minimum Gasteiger partial charge on any atom is -0.352 e. The monoisotopic (exact) mass is 370 g/mol. The second kappa shape index (κ2) is 6.69. The van der Waals surface area contributed by atoms with Crippen LogP contribution >= 0.6 is 15.9 Å². The second-order valence-corrected chi connectivity index (χ2v) is 5.62. The summed E-state index contributed by atoms with van der Waals surface area (Å²) >= 11 is 3.29. The molecule has 0 aromatic carbocycles. The van der Waals surface area contributed by atoms with Gasteiger partial charge in [-0.1, -0.05) is 0 Å². The molecule has 1 amide bonds. The van der Waals surface area contributed by atoms with Crippen LogP contribution in [-0.2, 0) is 11.3 Å². The zero-order chi connectivity index (χ0) is 16.3. The molecule has 0 aliphatic carbocycles. The van der Waals surface area contributed by atoms with Gasteiger partial charge in [-0.15, -0.1) is 0 Å². The number of rotatable bonds is 6. The summed E-state index contributed by atoms with van der Waals surface area (Å²) in [6.07, 6.45) is 4.62. The van der Waals surface area contributed by atoms with E-state index in [1.54, 1.807) is 30.9 Å². The molecule has 0 radical (unpaired) electrons. The maximum atomic E-state index is 12.1. The number of hydrogen-bond donors (Lipinski definition) is 1. The van der Waals surface area contributed by atoms with E-state index in [-0.39, 0.29) is 11.6 Å². The summed E-state index contributed by atoms with van der Waals surface area (Å²) in [6, 6.07) is -0.627. The largest absolute Gasteiger partial charge is 0.352 e. The Balaban J connectivity index is 1.93. The van der Waals surface area contributed by atoms with Gasteiger partial charge in [0.15, 0.2) is 0 Å². The second-order valence-electron chi connectivity index (χ2n) is 4.71. The van der Waals surface area contributed by atoms with Crippen molar-refractivity contribution in [2.45, 2.75) is 26.4 Å². The Bertz CT molecular complexity index is 695. The van der Waals surface area contributed by atoms with Crippen LogP contribution in [0.4, 0.5) is 5.69 Å². The molecule has 0 saturated heterocycles. The van der Waals surface area contributed by atoms with E-state index in [4.69, 9.17) is 0 Å². The van der Waals surface area contributed by atoms with Gasteiger partial charge in [0.25, 0.3) is 0 Å². The molecule has 118 valence electrons. The molecule has 0 fully saturated rings. The maximum absolute atomic E-state index is 12.1. The van der Waals surface area contributed by atoms with E-state index in [2.05, 4.69) is 31.4 Å². The number of carbonyl (C=O) groups is 1. The third kappa shape index (κ3) is 3.50. The summed E-state index contributed by atoms with van der Waals surface area (Å²) in [4.78, 5) is 22.4. The molecule has 2 aromatic heterocycles. The fourth-order valence-corrected chi connectivity index (χ4v) is 2.32. The highest BCUT2D eigenvalue weighted by molar-refractivity contribution is 9.10. The molecule has 0 bridgehead atoms. The summed E-state index contributed by atoms with van der Waals surface area (Å²) in [5.41, 5.74) is 0.254. The van der Waals surface area contributed by atoms with Crippen LogP contribution < -0.4 is 5.32 Å². The van der Waals surface area contributed by atoms with Gasteiger partial charge < -0.3 is 5.32 Å². The van der Waals surface area contributed by atoms with E-state index in [9.17, 15) is 14.9 Å². The number of nitrogens with one attached hydrogen (secondary N) is 1. The molecule has 0 saturated carbocycles. The van der Waals surface area contributed by atoms with Gasteiger partial charge in [0.1, 0.15) is 17.9 Å². The van der Waals surface area contributed by atoms with Gasteiger partial charge in [-0.05, 0) is 29.8 Å². The molecule has 0 spiro atoms. The highest BCUT2D eigenvalue weighted by atomic mass is 79.9. The predicted octanol–water partition coefficient (Wildman–Crippen LogP) is 1.44. The average Bonchev–Trinajstić information content (AvgIpc) is 3.04.